The van der Waals surface area contributed by atoms with Crippen molar-refractivity contribution in [3.05, 3.63) is 56.8 Å². The Morgan fingerprint density at radius 2 is 1.87 bits per heavy atom. The van der Waals surface area contributed by atoms with E-state index in [2.05, 4.69) is 4.90 Å². The molecular formula is C16H17N3O3S. The minimum absolute atomic E-state index is 0.0804. The van der Waals surface area contributed by atoms with Gasteiger partial charge in [-0.1, -0.05) is 0 Å². The van der Waals surface area contributed by atoms with E-state index in [0.717, 1.165) is 37.3 Å². The number of hydrogen-bond donors (Lipinski definition) is 0. The molecule has 1 amide bonds. The van der Waals surface area contributed by atoms with E-state index in [4.69, 9.17) is 0 Å². The summed E-state index contributed by atoms with van der Waals surface area (Å²) in [6.45, 7) is 2.96. The van der Waals surface area contributed by atoms with E-state index in [0.29, 0.717) is 6.54 Å². The van der Waals surface area contributed by atoms with Crippen LogP contribution >= 0.6 is 11.3 Å². The first-order valence-electron chi connectivity index (χ1n) is 7.46. The predicted octanol–water partition coefficient (Wildman–Crippen LogP) is 3.01. The van der Waals surface area contributed by atoms with Crippen LogP contribution in [-0.2, 0) is 0 Å². The molecule has 0 aliphatic carbocycles. The van der Waals surface area contributed by atoms with E-state index in [-0.39, 0.29) is 11.6 Å². The smallest absolute Gasteiger partial charge is 0.269 e. The van der Waals surface area contributed by atoms with Crippen molar-refractivity contribution < 1.29 is 9.72 Å². The second kappa shape index (κ2) is 6.78. The van der Waals surface area contributed by atoms with Gasteiger partial charge in [0.2, 0.25) is 0 Å². The van der Waals surface area contributed by atoms with Gasteiger partial charge in [0, 0.05) is 49.4 Å². The van der Waals surface area contributed by atoms with Crippen molar-refractivity contribution in [1.29, 1.82) is 0 Å². The number of benzene rings is 1. The molecule has 0 unspecified atom stereocenters. The van der Waals surface area contributed by atoms with Crippen LogP contribution in [0.1, 0.15) is 16.8 Å². The summed E-state index contributed by atoms with van der Waals surface area (Å²) in [6, 6.07) is 8.44. The Hall–Kier alpha value is -2.41. The fraction of sp³-hybridized carbons (Fsp3) is 0.312. The molecule has 0 atom stereocenters. The third-order valence-corrected chi connectivity index (χ3v) is 4.66. The number of carbonyl (C=O) groups is 1. The van der Waals surface area contributed by atoms with Crippen LogP contribution in [0, 0.1) is 10.1 Å². The van der Waals surface area contributed by atoms with E-state index in [1.807, 2.05) is 21.7 Å². The van der Waals surface area contributed by atoms with Crippen molar-refractivity contribution in [3.63, 3.8) is 0 Å². The number of amides is 1. The molecule has 23 heavy (non-hydrogen) atoms. The van der Waals surface area contributed by atoms with E-state index in [1.54, 1.807) is 12.1 Å². The quantitative estimate of drug-likeness (QED) is 0.640. The number of hydrogen-bond acceptors (Lipinski definition) is 5. The lowest BCUT2D eigenvalue weighted by Gasteiger charge is -2.23. The summed E-state index contributed by atoms with van der Waals surface area (Å²) in [4.78, 5) is 26.8. The molecule has 0 saturated carbocycles. The van der Waals surface area contributed by atoms with Gasteiger partial charge in [0.1, 0.15) is 0 Å². The van der Waals surface area contributed by atoms with Crippen LogP contribution in [0.5, 0.6) is 0 Å². The lowest BCUT2D eigenvalue weighted by Crippen LogP contribution is -2.35. The summed E-state index contributed by atoms with van der Waals surface area (Å²) in [5.74, 6) is 0.0804. The van der Waals surface area contributed by atoms with E-state index in [9.17, 15) is 14.9 Å². The molecule has 1 saturated heterocycles. The number of nitrogens with zero attached hydrogens (tertiary/aromatic N) is 3. The summed E-state index contributed by atoms with van der Waals surface area (Å²) < 4.78 is 0. The first-order chi connectivity index (χ1) is 11.1. The van der Waals surface area contributed by atoms with Gasteiger partial charge in [0.15, 0.2) is 0 Å². The minimum Gasteiger partial charge on any atom is -0.370 e. The lowest BCUT2D eigenvalue weighted by atomic mass is 10.2. The molecule has 0 spiro atoms. The van der Waals surface area contributed by atoms with Gasteiger partial charge < -0.3 is 9.80 Å². The van der Waals surface area contributed by atoms with E-state index < -0.39 is 4.92 Å². The molecular weight excluding hydrogens is 314 g/mol. The molecule has 1 aromatic heterocycles. The molecule has 1 aliphatic heterocycles. The lowest BCUT2D eigenvalue weighted by molar-refractivity contribution is -0.384. The van der Waals surface area contributed by atoms with Gasteiger partial charge >= 0.3 is 0 Å². The van der Waals surface area contributed by atoms with E-state index in [1.165, 1.54) is 23.5 Å². The standard InChI is InChI=1S/C16H17N3O3S/c20-16(13-6-11-23-12-13)18-8-1-7-17(9-10-18)14-2-4-15(5-3-14)19(21)22/h2-6,11-12H,1,7-10H2. The summed E-state index contributed by atoms with van der Waals surface area (Å²) in [6.07, 6.45) is 0.882. The summed E-state index contributed by atoms with van der Waals surface area (Å²) in [5.41, 5.74) is 1.80. The van der Waals surface area contributed by atoms with Crippen molar-refractivity contribution in [2.45, 2.75) is 6.42 Å². The maximum atomic E-state index is 12.4. The maximum absolute atomic E-state index is 12.4. The molecule has 7 heteroatoms. The van der Waals surface area contributed by atoms with Gasteiger partial charge in [-0.2, -0.15) is 11.3 Å². The molecule has 3 rings (SSSR count). The first kappa shape index (κ1) is 15.5. The van der Waals surface area contributed by atoms with Crippen molar-refractivity contribution >= 4 is 28.6 Å². The zero-order valence-electron chi connectivity index (χ0n) is 12.6. The molecule has 6 nitrogen and oxygen atoms in total. The topological polar surface area (TPSA) is 66.7 Å². The number of rotatable bonds is 3. The molecule has 0 bridgehead atoms. The third-order valence-electron chi connectivity index (χ3n) is 3.98. The molecule has 1 aliphatic rings. The Kier molecular flexibility index (Phi) is 4.57. The first-order valence-corrected chi connectivity index (χ1v) is 8.40. The largest absolute Gasteiger partial charge is 0.370 e. The highest BCUT2D eigenvalue weighted by Gasteiger charge is 2.21. The molecule has 120 valence electrons. The Morgan fingerprint density at radius 1 is 1.09 bits per heavy atom. The Morgan fingerprint density at radius 3 is 2.52 bits per heavy atom. The van der Waals surface area contributed by atoms with Crippen LogP contribution in [0.25, 0.3) is 0 Å². The van der Waals surface area contributed by atoms with Crippen molar-refractivity contribution in [2.75, 3.05) is 31.1 Å². The van der Waals surface area contributed by atoms with Gasteiger partial charge in [-0.3, -0.25) is 14.9 Å². The Labute approximate surface area is 138 Å². The second-order valence-electron chi connectivity index (χ2n) is 5.42. The number of anilines is 1. The number of thiophene rings is 1. The monoisotopic (exact) mass is 331 g/mol. The number of nitro benzene ring substituents is 1. The average Bonchev–Trinajstić information content (AvgIpc) is 2.99. The van der Waals surface area contributed by atoms with E-state index >= 15 is 0 Å². The Bertz CT molecular complexity index is 685. The molecule has 2 heterocycles. The van der Waals surface area contributed by atoms with Crippen LogP contribution < -0.4 is 4.90 Å². The average molecular weight is 331 g/mol. The van der Waals surface area contributed by atoms with Crippen molar-refractivity contribution in [1.82, 2.24) is 4.90 Å². The van der Waals surface area contributed by atoms with Gasteiger partial charge in [0.05, 0.1) is 10.5 Å². The molecule has 1 aromatic carbocycles. The highest BCUT2D eigenvalue weighted by Crippen LogP contribution is 2.21. The fourth-order valence-electron chi connectivity index (χ4n) is 2.73. The van der Waals surface area contributed by atoms with Gasteiger partial charge in [0.25, 0.3) is 11.6 Å². The van der Waals surface area contributed by atoms with Crippen LogP contribution in [0.15, 0.2) is 41.1 Å². The Balaban J connectivity index is 1.66. The molecule has 1 fully saturated rings. The summed E-state index contributed by atoms with van der Waals surface area (Å²) in [7, 11) is 0. The normalized spacial score (nSPS) is 15.3. The number of non-ortho nitro benzene ring substituents is 1. The number of nitro groups is 1. The predicted molar refractivity (Wildman–Crippen MR) is 90.1 cm³/mol. The fourth-order valence-corrected chi connectivity index (χ4v) is 3.36. The van der Waals surface area contributed by atoms with Crippen LogP contribution in [-0.4, -0.2) is 41.9 Å². The van der Waals surface area contributed by atoms with Crippen molar-refractivity contribution in [3.8, 4) is 0 Å². The van der Waals surface area contributed by atoms with Gasteiger partial charge in [-0.15, -0.1) is 0 Å². The van der Waals surface area contributed by atoms with Gasteiger partial charge in [-0.05, 0) is 30.0 Å². The van der Waals surface area contributed by atoms with Crippen molar-refractivity contribution in [2.24, 2.45) is 0 Å². The molecule has 0 N–H and O–H groups in total. The van der Waals surface area contributed by atoms with Crippen LogP contribution in [0.2, 0.25) is 0 Å². The SMILES string of the molecule is O=C(c1ccsc1)N1CCCN(c2ccc([N+](=O)[O-])cc2)CC1. The molecule has 0 radical (unpaired) electrons. The highest BCUT2D eigenvalue weighted by molar-refractivity contribution is 7.08. The zero-order valence-corrected chi connectivity index (χ0v) is 13.4. The molecule has 2 aromatic rings. The van der Waals surface area contributed by atoms with Gasteiger partial charge in [-0.25, -0.2) is 0 Å². The highest BCUT2D eigenvalue weighted by atomic mass is 32.1. The minimum atomic E-state index is -0.395. The summed E-state index contributed by atoms with van der Waals surface area (Å²) >= 11 is 1.53. The van der Waals surface area contributed by atoms with Crippen LogP contribution in [0.3, 0.4) is 0 Å². The van der Waals surface area contributed by atoms with Crippen LogP contribution in [0.4, 0.5) is 11.4 Å². The third kappa shape index (κ3) is 3.50. The maximum Gasteiger partial charge on any atom is 0.269 e. The number of carbonyl (C=O) groups excluding carboxylic acids is 1. The second-order valence-corrected chi connectivity index (χ2v) is 6.20. The summed E-state index contributed by atoms with van der Waals surface area (Å²) in [5, 5.41) is 14.5. The zero-order chi connectivity index (χ0) is 16.2.